The topological polar surface area (TPSA) is 108 Å². The highest BCUT2D eigenvalue weighted by Crippen LogP contribution is 2.43. The normalized spacial score (nSPS) is 13.7. The number of hydrogen-bond donors (Lipinski definition) is 1. The first-order valence-corrected chi connectivity index (χ1v) is 23.4. The van der Waals surface area contributed by atoms with E-state index in [2.05, 4.69) is 26.0 Å². The molecule has 9 nitrogen and oxygen atoms in total. The molecule has 0 aromatic heterocycles. The second kappa shape index (κ2) is 36.4. The number of allylic oxidation sites excluding steroid dienone is 2. The van der Waals surface area contributed by atoms with Gasteiger partial charge in [0.2, 0.25) is 0 Å². The summed E-state index contributed by atoms with van der Waals surface area (Å²) in [5.74, 6) is -0.798. The Morgan fingerprint density at radius 1 is 0.566 bits per heavy atom. The second-order valence-corrected chi connectivity index (χ2v) is 17.5. The summed E-state index contributed by atoms with van der Waals surface area (Å²) < 4.78 is 34.2. The van der Waals surface area contributed by atoms with E-state index in [1.807, 2.05) is 21.1 Å². The van der Waals surface area contributed by atoms with Gasteiger partial charge in [-0.25, -0.2) is 4.57 Å². The van der Waals surface area contributed by atoms with Crippen LogP contribution in [0.2, 0.25) is 0 Å². The molecule has 0 saturated heterocycles. The van der Waals surface area contributed by atoms with Gasteiger partial charge in [-0.3, -0.25) is 18.6 Å². The SMILES string of the molecule is CCCCCCCCCC/C=C\CCCCCCCCCC(=O)OC[C@H](COP(=O)(O)OCC[N+](C)(C)C)OC(=O)CCCCCCCCCCCC. The van der Waals surface area contributed by atoms with Crippen molar-refractivity contribution < 1.29 is 42.1 Å². The van der Waals surface area contributed by atoms with Gasteiger partial charge in [0, 0.05) is 12.8 Å². The Bertz CT molecular complexity index is 922. The second-order valence-electron chi connectivity index (χ2n) is 16.1. The first-order valence-electron chi connectivity index (χ1n) is 21.9. The van der Waals surface area contributed by atoms with E-state index in [1.165, 1.54) is 135 Å². The third kappa shape index (κ3) is 40.2. The molecular formula is C43H85NO8P+. The molecular weight excluding hydrogens is 689 g/mol. The van der Waals surface area contributed by atoms with Crippen molar-refractivity contribution in [2.24, 2.45) is 0 Å². The molecule has 10 heteroatoms. The van der Waals surface area contributed by atoms with E-state index in [0.717, 1.165) is 32.1 Å². The number of carbonyl (C=O) groups is 2. The molecule has 53 heavy (non-hydrogen) atoms. The summed E-state index contributed by atoms with van der Waals surface area (Å²) in [5.41, 5.74) is 0. The summed E-state index contributed by atoms with van der Waals surface area (Å²) >= 11 is 0. The van der Waals surface area contributed by atoms with Gasteiger partial charge in [0.25, 0.3) is 0 Å². The van der Waals surface area contributed by atoms with Crippen molar-refractivity contribution in [3.05, 3.63) is 12.2 Å². The maximum absolute atomic E-state index is 12.6. The number of phosphoric acid groups is 1. The highest BCUT2D eigenvalue weighted by atomic mass is 31.2. The van der Waals surface area contributed by atoms with Crippen molar-refractivity contribution in [3.8, 4) is 0 Å². The third-order valence-corrected chi connectivity index (χ3v) is 10.5. The first kappa shape index (κ1) is 51.8. The predicted molar refractivity (Wildman–Crippen MR) is 220 cm³/mol. The lowest BCUT2D eigenvalue weighted by molar-refractivity contribution is -0.870. The van der Waals surface area contributed by atoms with E-state index in [9.17, 15) is 19.0 Å². The molecule has 1 N–H and O–H groups in total. The molecule has 0 aromatic carbocycles. The van der Waals surface area contributed by atoms with Crippen LogP contribution in [0.5, 0.6) is 0 Å². The molecule has 0 radical (unpaired) electrons. The molecule has 0 bridgehead atoms. The van der Waals surface area contributed by atoms with Crippen LogP contribution in [-0.4, -0.2) is 74.9 Å². The molecule has 0 aliphatic rings. The van der Waals surface area contributed by atoms with Crippen molar-refractivity contribution in [1.29, 1.82) is 0 Å². The van der Waals surface area contributed by atoms with Gasteiger partial charge in [-0.1, -0.05) is 161 Å². The molecule has 0 saturated carbocycles. The number of ether oxygens (including phenoxy) is 2. The van der Waals surface area contributed by atoms with Crippen LogP contribution in [0.25, 0.3) is 0 Å². The lowest BCUT2D eigenvalue weighted by atomic mass is 10.1. The number of rotatable bonds is 40. The van der Waals surface area contributed by atoms with Gasteiger partial charge in [-0.2, -0.15) is 0 Å². The minimum absolute atomic E-state index is 0.0340. The summed E-state index contributed by atoms with van der Waals surface area (Å²) in [6, 6.07) is 0. The van der Waals surface area contributed by atoms with Crippen molar-refractivity contribution >= 4 is 19.8 Å². The zero-order valence-corrected chi connectivity index (χ0v) is 36.2. The number of carbonyl (C=O) groups excluding carboxylic acids is 2. The van der Waals surface area contributed by atoms with E-state index in [0.29, 0.717) is 17.4 Å². The lowest BCUT2D eigenvalue weighted by Gasteiger charge is -2.24. The average Bonchev–Trinajstić information content (AvgIpc) is 3.10. The molecule has 0 amide bonds. The Labute approximate surface area is 326 Å². The van der Waals surface area contributed by atoms with Gasteiger partial charge >= 0.3 is 19.8 Å². The molecule has 0 aliphatic heterocycles. The van der Waals surface area contributed by atoms with Crippen LogP contribution in [0.15, 0.2) is 12.2 Å². The van der Waals surface area contributed by atoms with Gasteiger partial charge in [-0.05, 0) is 38.5 Å². The van der Waals surface area contributed by atoms with Crippen LogP contribution in [0.4, 0.5) is 0 Å². The van der Waals surface area contributed by atoms with Crippen molar-refractivity contribution in [2.75, 3.05) is 47.5 Å². The molecule has 0 fully saturated rings. The van der Waals surface area contributed by atoms with E-state index < -0.39 is 26.5 Å². The fraction of sp³-hybridized carbons (Fsp3) is 0.907. The smallest absolute Gasteiger partial charge is 0.462 e. The molecule has 2 atom stereocenters. The number of phosphoric ester groups is 1. The molecule has 0 aliphatic carbocycles. The van der Waals surface area contributed by atoms with Crippen LogP contribution < -0.4 is 0 Å². The standard InChI is InChI=1S/C43H84NO8P/c1-6-8-10-12-14-16-18-19-20-21-22-23-24-25-26-28-29-31-33-35-42(45)49-39-41(40-51-53(47,48)50-38-37-44(3,4)5)52-43(46)36-34-32-30-27-17-15-13-11-9-7-2/h21-22,41H,6-20,23-40H2,1-5H3/p+1/b22-21-/t41-/m1/s1. The summed E-state index contributed by atoms with van der Waals surface area (Å²) in [6.07, 6.45) is 36.9. The Hall–Kier alpha value is -1.25. The predicted octanol–water partition coefficient (Wildman–Crippen LogP) is 12.2. The minimum atomic E-state index is -4.36. The van der Waals surface area contributed by atoms with E-state index in [4.69, 9.17) is 18.5 Å². The van der Waals surface area contributed by atoms with E-state index in [-0.39, 0.29) is 32.0 Å². The number of likely N-dealkylation sites (N-methyl/N-ethyl adjacent to an activating group) is 1. The summed E-state index contributed by atoms with van der Waals surface area (Å²) in [4.78, 5) is 35.3. The first-order chi connectivity index (χ1) is 25.5. The lowest BCUT2D eigenvalue weighted by Crippen LogP contribution is -2.37. The molecule has 0 heterocycles. The molecule has 0 rings (SSSR count). The highest BCUT2D eigenvalue weighted by molar-refractivity contribution is 7.47. The minimum Gasteiger partial charge on any atom is -0.462 e. The van der Waals surface area contributed by atoms with Crippen LogP contribution in [0, 0.1) is 0 Å². The Kier molecular flexibility index (Phi) is 35.5. The molecule has 0 aromatic rings. The quantitative estimate of drug-likeness (QED) is 0.0215. The Morgan fingerprint density at radius 2 is 0.962 bits per heavy atom. The fourth-order valence-corrected chi connectivity index (χ4v) is 6.81. The number of hydrogen-bond acceptors (Lipinski definition) is 7. The van der Waals surface area contributed by atoms with Gasteiger partial charge in [0.1, 0.15) is 19.8 Å². The Morgan fingerprint density at radius 3 is 1.40 bits per heavy atom. The number of nitrogens with zero attached hydrogens (tertiary/aromatic N) is 1. The van der Waals surface area contributed by atoms with E-state index >= 15 is 0 Å². The van der Waals surface area contributed by atoms with Gasteiger partial charge in [0.05, 0.1) is 27.7 Å². The number of esters is 2. The molecule has 1 unspecified atom stereocenters. The summed E-state index contributed by atoms with van der Waals surface area (Å²) in [7, 11) is 1.48. The van der Waals surface area contributed by atoms with Crippen molar-refractivity contribution in [2.45, 2.75) is 206 Å². The van der Waals surface area contributed by atoms with Gasteiger partial charge in [0.15, 0.2) is 6.10 Å². The summed E-state index contributed by atoms with van der Waals surface area (Å²) in [6.45, 7) is 4.42. The van der Waals surface area contributed by atoms with Gasteiger partial charge in [-0.15, -0.1) is 0 Å². The van der Waals surface area contributed by atoms with Gasteiger partial charge < -0.3 is 18.9 Å². The largest absolute Gasteiger partial charge is 0.472 e. The van der Waals surface area contributed by atoms with Crippen LogP contribution in [-0.2, 0) is 32.7 Å². The highest BCUT2D eigenvalue weighted by Gasteiger charge is 2.27. The maximum atomic E-state index is 12.6. The molecule has 314 valence electrons. The van der Waals surface area contributed by atoms with Crippen molar-refractivity contribution in [3.63, 3.8) is 0 Å². The zero-order valence-electron chi connectivity index (χ0n) is 35.3. The zero-order chi connectivity index (χ0) is 39.3. The fourth-order valence-electron chi connectivity index (χ4n) is 6.07. The molecule has 0 spiro atoms. The number of quaternary nitrogens is 1. The van der Waals surface area contributed by atoms with Crippen LogP contribution in [0.3, 0.4) is 0 Å². The average molecular weight is 775 g/mol. The van der Waals surface area contributed by atoms with Crippen LogP contribution >= 0.6 is 7.82 Å². The number of unbranched alkanes of at least 4 members (excludes halogenated alkanes) is 24. The monoisotopic (exact) mass is 775 g/mol. The van der Waals surface area contributed by atoms with Crippen LogP contribution in [0.1, 0.15) is 200 Å². The van der Waals surface area contributed by atoms with Crippen molar-refractivity contribution in [1.82, 2.24) is 0 Å². The summed E-state index contributed by atoms with van der Waals surface area (Å²) in [5, 5.41) is 0. The maximum Gasteiger partial charge on any atom is 0.472 e. The van der Waals surface area contributed by atoms with E-state index in [1.54, 1.807) is 0 Å². The third-order valence-electron chi connectivity index (χ3n) is 9.55. The Balaban J connectivity index is 4.26.